The lowest BCUT2D eigenvalue weighted by atomic mass is 9.93. The second-order valence-corrected chi connectivity index (χ2v) is 9.40. The largest absolute Gasteiger partial charge is 0.274 e. The molecule has 134 valence electrons. The minimum atomic E-state index is 0.0167. The predicted octanol–water partition coefficient (Wildman–Crippen LogP) is 4.44. The van der Waals surface area contributed by atoms with Crippen LogP contribution in [0.25, 0.3) is 10.6 Å². The number of aromatic nitrogens is 6. The number of rotatable bonds is 3. The molecule has 3 heterocycles. The summed E-state index contributed by atoms with van der Waals surface area (Å²) in [5.74, 6) is 0.859. The molecule has 0 radical (unpaired) electrons. The molecule has 4 rings (SSSR count). The van der Waals surface area contributed by atoms with E-state index in [9.17, 15) is 0 Å². The summed E-state index contributed by atoms with van der Waals surface area (Å²) in [7, 11) is 0. The number of aryl methyl sites for hydroxylation is 2. The van der Waals surface area contributed by atoms with Gasteiger partial charge in [0.05, 0.1) is 17.6 Å². The third-order valence-corrected chi connectivity index (χ3v) is 6.04. The van der Waals surface area contributed by atoms with Crippen molar-refractivity contribution in [3.8, 4) is 5.69 Å². The normalized spacial score (nSPS) is 12.2. The number of benzene rings is 1. The summed E-state index contributed by atoms with van der Waals surface area (Å²) in [6.45, 7) is 10.5. The van der Waals surface area contributed by atoms with Crippen LogP contribution in [0, 0.1) is 13.8 Å². The van der Waals surface area contributed by atoms with Crippen LogP contribution in [0.4, 0.5) is 0 Å². The summed E-state index contributed by atoms with van der Waals surface area (Å²) < 4.78 is 4.83. The molecule has 3 aromatic heterocycles. The Morgan fingerprint density at radius 3 is 2.54 bits per heavy atom. The van der Waals surface area contributed by atoms with Crippen LogP contribution < -0.4 is 0 Å². The highest BCUT2D eigenvalue weighted by Crippen LogP contribution is 2.33. The van der Waals surface area contributed by atoms with E-state index in [-0.39, 0.29) is 5.41 Å². The Hall–Kier alpha value is -2.19. The molecule has 0 unspecified atom stereocenters. The Bertz CT molecular complexity index is 1050. The fourth-order valence-corrected chi connectivity index (χ4v) is 4.58. The van der Waals surface area contributed by atoms with Crippen LogP contribution in [0.15, 0.2) is 40.0 Å². The molecule has 0 aliphatic carbocycles. The van der Waals surface area contributed by atoms with E-state index >= 15 is 0 Å². The van der Waals surface area contributed by atoms with Gasteiger partial charge in [-0.25, -0.2) is 9.50 Å². The van der Waals surface area contributed by atoms with E-state index in [0.717, 1.165) is 31.7 Å². The molecular formula is C18H20N6S2. The molecule has 0 aliphatic rings. The van der Waals surface area contributed by atoms with Crippen LogP contribution in [0.2, 0.25) is 0 Å². The summed E-state index contributed by atoms with van der Waals surface area (Å²) >= 11 is 3.09. The van der Waals surface area contributed by atoms with Gasteiger partial charge in [0.25, 0.3) is 0 Å². The van der Waals surface area contributed by atoms with E-state index in [2.05, 4.69) is 59.7 Å². The van der Waals surface area contributed by atoms with Gasteiger partial charge in [-0.2, -0.15) is 0 Å². The summed E-state index contributed by atoms with van der Waals surface area (Å²) in [5, 5.41) is 14.1. The SMILES string of the molecule is Cc1ccccc1-n1c(C)nnc1Sc1nn2cc(C(C)(C)C)nc2s1. The smallest absolute Gasteiger partial charge is 0.213 e. The molecular weight excluding hydrogens is 364 g/mol. The van der Waals surface area contributed by atoms with Crippen molar-refractivity contribution in [3.05, 3.63) is 47.5 Å². The van der Waals surface area contributed by atoms with E-state index in [1.807, 2.05) is 29.8 Å². The highest BCUT2D eigenvalue weighted by Gasteiger charge is 2.21. The Morgan fingerprint density at radius 2 is 1.85 bits per heavy atom. The fourth-order valence-electron chi connectivity index (χ4n) is 2.66. The van der Waals surface area contributed by atoms with E-state index in [4.69, 9.17) is 4.98 Å². The van der Waals surface area contributed by atoms with Crippen LogP contribution in [0.3, 0.4) is 0 Å². The van der Waals surface area contributed by atoms with Crippen molar-refractivity contribution < 1.29 is 0 Å². The monoisotopic (exact) mass is 384 g/mol. The molecule has 0 N–H and O–H groups in total. The van der Waals surface area contributed by atoms with Gasteiger partial charge in [0.2, 0.25) is 10.1 Å². The summed E-state index contributed by atoms with van der Waals surface area (Å²) in [5.41, 5.74) is 3.34. The molecule has 0 saturated carbocycles. The number of hydrogen-bond acceptors (Lipinski definition) is 6. The van der Waals surface area contributed by atoms with E-state index in [1.54, 1.807) is 11.3 Å². The van der Waals surface area contributed by atoms with Gasteiger partial charge in [0, 0.05) is 5.41 Å². The minimum absolute atomic E-state index is 0.0167. The third kappa shape index (κ3) is 3.03. The van der Waals surface area contributed by atoms with Gasteiger partial charge >= 0.3 is 0 Å². The van der Waals surface area contributed by atoms with Gasteiger partial charge in [-0.3, -0.25) is 4.57 Å². The van der Waals surface area contributed by atoms with Crippen LogP contribution in [0.5, 0.6) is 0 Å². The number of para-hydroxylation sites is 1. The van der Waals surface area contributed by atoms with E-state index in [0.29, 0.717) is 0 Å². The van der Waals surface area contributed by atoms with Crippen molar-refractivity contribution in [2.75, 3.05) is 0 Å². The first kappa shape index (κ1) is 17.2. The number of nitrogens with zero attached hydrogens (tertiary/aromatic N) is 6. The fraction of sp³-hybridized carbons (Fsp3) is 0.333. The van der Waals surface area contributed by atoms with Crippen molar-refractivity contribution in [1.82, 2.24) is 29.4 Å². The Morgan fingerprint density at radius 1 is 1.08 bits per heavy atom. The molecule has 0 aliphatic heterocycles. The molecule has 4 aromatic rings. The standard InChI is InChI=1S/C18H20N6S2/c1-11-8-6-7-9-13(11)24-12(2)20-21-16(24)26-17-22-23-10-14(18(3,4)5)19-15(23)25-17/h6-10H,1-5H3. The van der Waals surface area contributed by atoms with Gasteiger partial charge in [0.15, 0.2) is 4.34 Å². The average molecular weight is 385 g/mol. The van der Waals surface area contributed by atoms with E-state index in [1.165, 1.54) is 17.3 Å². The van der Waals surface area contributed by atoms with E-state index < -0.39 is 0 Å². The van der Waals surface area contributed by atoms with Crippen molar-refractivity contribution in [2.24, 2.45) is 0 Å². The highest BCUT2D eigenvalue weighted by atomic mass is 32.2. The van der Waals surface area contributed by atoms with Crippen molar-refractivity contribution in [3.63, 3.8) is 0 Å². The van der Waals surface area contributed by atoms with Gasteiger partial charge in [-0.1, -0.05) is 50.3 Å². The van der Waals surface area contributed by atoms with Gasteiger partial charge in [-0.15, -0.1) is 15.3 Å². The quantitative estimate of drug-likeness (QED) is 0.523. The maximum atomic E-state index is 4.71. The maximum absolute atomic E-state index is 4.71. The maximum Gasteiger partial charge on any atom is 0.213 e. The first-order valence-corrected chi connectivity index (χ1v) is 9.99. The van der Waals surface area contributed by atoms with Crippen molar-refractivity contribution in [2.45, 2.75) is 49.5 Å². The second kappa shape index (κ2) is 6.21. The van der Waals surface area contributed by atoms with Crippen LogP contribution in [-0.2, 0) is 5.41 Å². The lowest BCUT2D eigenvalue weighted by molar-refractivity contribution is 0.572. The molecule has 1 aromatic carbocycles. The molecule has 0 spiro atoms. The van der Waals surface area contributed by atoms with Crippen LogP contribution >= 0.6 is 23.1 Å². The molecule has 0 amide bonds. The van der Waals surface area contributed by atoms with Gasteiger partial charge in [0.1, 0.15) is 5.82 Å². The Kier molecular flexibility index (Phi) is 4.11. The summed E-state index contributed by atoms with van der Waals surface area (Å²) in [4.78, 5) is 5.61. The first-order chi connectivity index (χ1) is 12.3. The minimum Gasteiger partial charge on any atom is -0.274 e. The van der Waals surface area contributed by atoms with Gasteiger partial charge in [-0.05, 0) is 37.2 Å². The molecule has 0 atom stereocenters. The number of imidazole rings is 1. The number of fused-ring (bicyclic) bond motifs is 1. The Labute approximate surface area is 160 Å². The highest BCUT2D eigenvalue weighted by molar-refractivity contribution is 8.01. The molecule has 6 nitrogen and oxygen atoms in total. The summed E-state index contributed by atoms with van der Waals surface area (Å²) in [6, 6.07) is 8.24. The lowest BCUT2D eigenvalue weighted by Gasteiger charge is -2.13. The van der Waals surface area contributed by atoms with Crippen LogP contribution in [-0.4, -0.2) is 29.4 Å². The molecule has 0 bridgehead atoms. The second-order valence-electron chi connectivity index (χ2n) is 7.23. The van der Waals surface area contributed by atoms with Gasteiger partial charge < -0.3 is 0 Å². The predicted molar refractivity (Wildman–Crippen MR) is 105 cm³/mol. The molecule has 8 heteroatoms. The zero-order valence-electron chi connectivity index (χ0n) is 15.4. The zero-order chi connectivity index (χ0) is 18.5. The molecule has 0 fully saturated rings. The zero-order valence-corrected chi connectivity index (χ0v) is 17.0. The summed E-state index contributed by atoms with van der Waals surface area (Å²) in [6.07, 6.45) is 2.01. The third-order valence-electron chi connectivity index (χ3n) is 4.12. The first-order valence-electron chi connectivity index (χ1n) is 8.35. The average Bonchev–Trinajstić information content (AvgIpc) is 3.22. The topological polar surface area (TPSA) is 60.9 Å². The van der Waals surface area contributed by atoms with Crippen molar-refractivity contribution in [1.29, 1.82) is 0 Å². The molecule has 26 heavy (non-hydrogen) atoms. The van der Waals surface area contributed by atoms with Crippen LogP contribution in [0.1, 0.15) is 37.9 Å². The number of hydrogen-bond donors (Lipinski definition) is 0. The lowest BCUT2D eigenvalue weighted by Crippen LogP contribution is -2.11. The van der Waals surface area contributed by atoms with Crippen molar-refractivity contribution >= 4 is 28.1 Å². The Balaban J connectivity index is 1.69. The molecule has 0 saturated heterocycles.